The zero-order chi connectivity index (χ0) is 17.0. The molecule has 0 saturated heterocycles. The number of para-hydroxylation sites is 1. The first kappa shape index (κ1) is 17.3. The van der Waals surface area contributed by atoms with Crippen LogP contribution in [0.15, 0.2) is 28.6 Å². The van der Waals surface area contributed by atoms with Crippen LogP contribution in [0.4, 0.5) is 5.13 Å². The molecule has 124 valence electrons. The Balaban J connectivity index is 2.20. The number of sulfonamides is 1. The average molecular weight is 356 g/mol. The minimum absolute atomic E-state index is 0.128. The molecule has 0 saturated carbocycles. The Labute approximate surface area is 137 Å². The third-order valence-corrected chi connectivity index (χ3v) is 5.60. The fraction of sp³-hybridized carbons (Fsp3) is 0.308. The maximum Gasteiger partial charge on any atom is 0.270 e. The summed E-state index contributed by atoms with van der Waals surface area (Å²) in [5, 5.41) is 9.75. The van der Waals surface area contributed by atoms with Crippen LogP contribution in [0.25, 0.3) is 0 Å². The summed E-state index contributed by atoms with van der Waals surface area (Å²) in [4.78, 5) is 11.0. The summed E-state index contributed by atoms with van der Waals surface area (Å²) in [7, 11) is -2.34. The number of carbonyl (C=O) groups excluding carboxylic acids is 1. The van der Waals surface area contributed by atoms with Crippen molar-refractivity contribution in [1.29, 1.82) is 0 Å². The largest absolute Gasteiger partial charge is 0.496 e. The van der Waals surface area contributed by atoms with E-state index in [1.54, 1.807) is 31.2 Å². The number of methoxy groups -OCH3 is 1. The van der Waals surface area contributed by atoms with Crippen molar-refractivity contribution < 1.29 is 17.9 Å². The van der Waals surface area contributed by atoms with Crippen molar-refractivity contribution in [3.63, 3.8) is 0 Å². The third kappa shape index (κ3) is 4.24. The van der Waals surface area contributed by atoms with Crippen LogP contribution in [-0.4, -0.2) is 31.6 Å². The summed E-state index contributed by atoms with van der Waals surface area (Å²) in [6.07, 6.45) is 0. The van der Waals surface area contributed by atoms with E-state index in [0.29, 0.717) is 11.3 Å². The maximum absolute atomic E-state index is 12.4. The predicted octanol–water partition coefficient (Wildman–Crippen LogP) is 1.54. The van der Waals surface area contributed by atoms with Gasteiger partial charge in [0.15, 0.2) is 0 Å². The number of aromatic nitrogens is 2. The molecule has 2 rings (SSSR count). The lowest BCUT2D eigenvalue weighted by Gasteiger charge is -2.16. The molecule has 8 nitrogen and oxygen atoms in total. The van der Waals surface area contributed by atoms with Crippen molar-refractivity contribution in [3.05, 3.63) is 29.8 Å². The van der Waals surface area contributed by atoms with Gasteiger partial charge in [0.05, 0.1) is 7.11 Å². The van der Waals surface area contributed by atoms with Crippen LogP contribution in [0.2, 0.25) is 0 Å². The van der Waals surface area contributed by atoms with Gasteiger partial charge in [0.2, 0.25) is 15.4 Å². The number of anilines is 1. The smallest absolute Gasteiger partial charge is 0.270 e. The monoisotopic (exact) mass is 356 g/mol. The molecule has 0 fully saturated rings. The first-order valence-corrected chi connectivity index (χ1v) is 8.90. The van der Waals surface area contributed by atoms with Crippen molar-refractivity contribution in [2.45, 2.75) is 24.2 Å². The number of ether oxygens (including phenoxy) is 1. The lowest BCUT2D eigenvalue weighted by Crippen LogP contribution is -2.27. The SMILES string of the molecule is COc1ccccc1[C@H](C)NS(=O)(=O)c1nnc(NC(C)=O)s1. The van der Waals surface area contributed by atoms with Crippen LogP contribution in [0, 0.1) is 0 Å². The molecule has 23 heavy (non-hydrogen) atoms. The summed E-state index contributed by atoms with van der Waals surface area (Å²) < 4.78 is 32.2. The van der Waals surface area contributed by atoms with Gasteiger partial charge >= 0.3 is 0 Å². The molecule has 0 bridgehead atoms. The predicted molar refractivity (Wildman–Crippen MR) is 85.9 cm³/mol. The van der Waals surface area contributed by atoms with Gasteiger partial charge in [0.1, 0.15) is 5.75 Å². The molecule has 0 aliphatic heterocycles. The highest BCUT2D eigenvalue weighted by Crippen LogP contribution is 2.27. The summed E-state index contributed by atoms with van der Waals surface area (Å²) in [5.74, 6) is 0.236. The van der Waals surface area contributed by atoms with E-state index in [9.17, 15) is 13.2 Å². The summed E-state index contributed by atoms with van der Waals surface area (Å²) in [6, 6.07) is 6.59. The highest BCUT2D eigenvalue weighted by Gasteiger charge is 2.24. The molecular formula is C13H16N4O4S2. The van der Waals surface area contributed by atoms with Gasteiger partial charge in [-0.3, -0.25) is 4.79 Å². The highest BCUT2D eigenvalue weighted by molar-refractivity contribution is 7.91. The fourth-order valence-electron chi connectivity index (χ4n) is 1.89. The maximum atomic E-state index is 12.4. The first-order valence-electron chi connectivity index (χ1n) is 6.60. The van der Waals surface area contributed by atoms with Crippen LogP contribution < -0.4 is 14.8 Å². The van der Waals surface area contributed by atoms with Gasteiger partial charge in [0, 0.05) is 18.5 Å². The Bertz CT molecular complexity index is 804. The van der Waals surface area contributed by atoms with Gasteiger partial charge in [-0.2, -0.15) is 0 Å². The topological polar surface area (TPSA) is 110 Å². The Morgan fingerprint density at radius 3 is 2.65 bits per heavy atom. The van der Waals surface area contributed by atoms with Crippen molar-refractivity contribution >= 4 is 32.4 Å². The van der Waals surface area contributed by atoms with Crippen LogP contribution in [0.3, 0.4) is 0 Å². The molecule has 0 spiro atoms. The number of hydrogen-bond donors (Lipinski definition) is 2. The second-order valence-electron chi connectivity index (χ2n) is 4.64. The number of benzene rings is 1. The molecule has 0 unspecified atom stereocenters. The second kappa shape index (κ2) is 7.02. The highest BCUT2D eigenvalue weighted by atomic mass is 32.2. The van der Waals surface area contributed by atoms with E-state index < -0.39 is 16.1 Å². The zero-order valence-electron chi connectivity index (χ0n) is 12.7. The van der Waals surface area contributed by atoms with E-state index in [-0.39, 0.29) is 15.4 Å². The van der Waals surface area contributed by atoms with Crippen molar-refractivity contribution in [2.24, 2.45) is 0 Å². The minimum atomic E-state index is -3.86. The molecule has 1 amide bonds. The fourth-order valence-corrected chi connectivity index (χ4v) is 4.08. The quantitative estimate of drug-likeness (QED) is 0.760. The van der Waals surface area contributed by atoms with Crippen molar-refractivity contribution in [2.75, 3.05) is 12.4 Å². The number of amides is 1. The van der Waals surface area contributed by atoms with E-state index in [1.165, 1.54) is 14.0 Å². The van der Waals surface area contributed by atoms with E-state index >= 15 is 0 Å². The Hall–Kier alpha value is -2.04. The van der Waals surface area contributed by atoms with Gasteiger partial charge in [0.25, 0.3) is 10.0 Å². The van der Waals surface area contributed by atoms with E-state index in [0.717, 1.165) is 11.3 Å². The second-order valence-corrected chi connectivity index (χ2v) is 7.50. The standard InChI is InChI=1S/C13H16N4O4S2/c1-8(10-6-4-5-7-11(10)21-3)17-23(19,20)13-16-15-12(22-13)14-9(2)18/h4-8,17H,1-3H3,(H,14,15,18)/t8-/m0/s1. The number of nitrogens with zero attached hydrogens (tertiary/aromatic N) is 2. The number of carbonyl (C=O) groups is 1. The number of rotatable bonds is 6. The van der Waals surface area contributed by atoms with Gasteiger partial charge in [-0.1, -0.05) is 29.5 Å². The first-order chi connectivity index (χ1) is 10.8. The number of hydrogen-bond acceptors (Lipinski definition) is 7. The van der Waals surface area contributed by atoms with Gasteiger partial charge < -0.3 is 10.1 Å². The lowest BCUT2D eigenvalue weighted by molar-refractivity contribution is -0.114. The van der Waals surface area contributed by atoms with Crippen molar-refractivity contribution in [3.8, 4) is 5.75 Å². The van der Waals surface area contributed by atoms with Crippen LogP contribution in [0.5, 0.6) is 5.75 Å². The van der Waals surface area contributed by atoms with Crippen LogP contribution in [-0.2, 0) is 14.8 Å². The molecule has 1 heterocycles. The molecule has 1 aromatic carbocycles. The van der Waals surface area contributed by atoms with Crippen LogP contribution >= 0.6 is 11.3 Å². The van der Waals surface area contributed by atoms with Gasteiger partial charge in [-0.25, -0.2) is 13.1 Å². The zero-order valence-corrected chi connectivity index (χ0v) is 14.4. The Kier molecular flexibility index (Phi) is 5.29. The Morgan fingerprint density at radius 2 is 2.00 bits per heavy atom. The van der Waals surface area contributed by atoms with E-state index in [1.807, 2.05) is 0 Å². The number of nitrogens with one attached hydrogen (secondary N) is 2. The molecule has 0 aliphatic rings. The van der Waals surface area contributed by atoms with Gasteiger partial charge in [-0.05, 0) is 13.0 Å². The minimum Gasteiger partial charge on any atom is -0.496 e. The summed E-state index contributed by atoms with van der Waals surface area (Å²) in [6.45, 7) is 3.00. The van der Waals surface area contributed by atoms with E-state index in [4.69, 9.17) is 4.74 Å². The van der Waals surface area contributed by atoms with Crippen LogP contribution in [0.1, 0.15) is 25.5 Å². The summed E-state index contributed by atoms with van der Waals surface area (Å²) in [5.41, 5.74) is 0.699. The van der Waals surface area contributed by atoms with Crippen molar-refractivity contribution in [1.82, 2.24) is 14.9 Å². The molecule has 10 heteroatoms. The Morgan fingerprint density at radius 1 is 1.30 bits per heavy atom. The molecule has 2 aromatic rings. The normalized spacial score (nSPS) is 12.7. The molecule has 0 radical (unpaired) electrons. The van der Waals surface area contributed by atoms with E-state index in [2.05, 4.69) is 20.2 Å². The molecule has 2 N–H and O–H groups in total. The van der Waals surface area contributed by atoms with Gasteiger partial charge in [-0.15, -0.1) is 10.2 Å². The molecular weight excluding hydrogens is 340 g/mol. The molecule has 1 atom stereocenters. The molecule has 1 aromatic heterocycles. The average Bonchev–Trinajstić information content (AvgIpc) is 2.95. The third-order valence-electron chi connectivity index (χ3n) is 2.86. The summed E-state index contributed by atoms with van der Waals surface area (Å²) >= 11 is 0.779. The lowest BCUT2D eigenvalue weighted by atomic mass is 10.1. The molecule has 0 aliphatic carbocycles.